The second-order valence-corrected chi connectivity index (χ2v) is 9.62. The maximum atomic E-state index is 12.5. The Balaban J connectivity index is 1.45. The first-order valence-electron chi connectivity index (χ1n) is 10.0. The van der Waals surface area contributed by atoms with Crippen LogP contribution in [0.25, 0.3) is 0 Å². The average Bonchev–Trinajstić information content (AvgIpc) is 3.09. The molecule has 2 aromatic rings. The monoisotopic (exact) mass is 447 g/mol. The van der Waals surface area contributed by atoms with E-state index in [1.54, 1.807) is 30.6 Å². The van der Waals surface area contributed by atoms with Gasteiger partial charge < -0.3 is 19.9 Å². The molecular weight excluding hydrogens is 422 g/mol. The number of rotatable bonds is 7. The molecular formula is C21H25N3O6S. The van der Waals surface area contributed by atoms with Crippen LogP contribution in [-0.4, -0.2) is 55.6 Å². The largest absolute Gasteiger partial charge is 0.487 e. The Morgan fingerprint density at radius 3 is 2.74 bits per heavy atom. The highest BCUT2D eigenvalue weighted by atomic mass is 32.2. The van der Waals surface area contributed by atoms with Crippen molar-refractivity contribution in [2.75, 3.05) is 17.6 Å². The van der Waals surface area contributed by atoms with Crippen molar-refractivity contribution in [2.45, 2.75) is 43.6 Å². The van der Waals surface area contributed by atoms with E-state index in [0.717, 1.165) is 17.4 Å². The number of aromatic nitrogens is 1. The van der Waals surface area contributed by atoms with E-state index in [-0.39, 0.29) is 31.0 Å². The van der Waals surface area contributed by atoms with Gasteiger partial charge in [-0.3, -0.25) is 14.5 Å². The minimum atomic E-state index is -3.41. The van der Waals surface area contributed by atoms with Gasteiger partial charge in [-0.1, -0.05) is 0 Å². The van der Waals surface area contributed by atoms with Crippen LogP contribution in [0.15, 0.2) is 42.7 Å². The Morgan fingerprint density at radius 2 is 2.03 bits per heavy atom. The molecule has 2 aliphatic heterocycles. The van der Waals surface area contributed by atoms with Crippen LogP contribution in [0.2, 0.25) is 0 Å². The Hall–Kier alpha value is -2.69. The minimum absolute atomic E-state index is 0.111. The lowest BCUT2D eigenvalue weighted by atomic mass is 9.84. The molecule has 3 heterocycles. The summed E-state index contributed by atoms with van der Waals surface area (Å²) in [6, 6.07) is 8.76. The molecule has 31 heavy (non-hydrogen) atoms. The lowest BCUT2D eigenvalue weighted by Crippen LogP contribution is -2.47. The van der Waals surface area contributed by atoms with Gasteiger partial charge in [-0.15, -0.1) is 0 Å². The van der Waals surface area contributed by atoms with E-state index in [4.69, 9.17) is 9.47 Å². The predicted octanol–water partition coefficient (Wildman–Crippen LogP) is 1.15. The highest BCUT2D eigenvalue weighted by Gasteiger charge is 2.46. The quantitative estimate of drug-likeness (QED) is 0.581. The molecule has 10 heteroatoms. The summed E-state index contributed by atoms with van der Waals surface area (Å²) in [6.07, 6.45) is 3.76. The van der Waals surface area contributed by atoms with E-state index in [1.807, 2.05) is 12.1 Å². The second kappa shape index (κ2) is 8.81. The summed E-state index contributed by atoms with van der Waals surface area (Å²) in [4.78, 5) is 16.4. The number of nitrogens with one attached hydrogen (secondary N) is 2. The number of ether oxygens (including phenoxy) is 2. The molecule has 1 aromatic carbocycles. The number of fused-ring (bicyclic) bond motifs is 3. The van der Waals surface area contributed by atoms with Crippen molar-refractivity contribution in [1.29, 1.82) is 0 Å². The van der Waals surface area contributed by atoms with Crippen LogP contribution in [-0.2, 0) is 26.1 Å². The number of benzene rings is 1. The summed E-state index contributed by atoms with van der Waals surface area (Å²) >= 11 is 0. The lowest BCUT2D eigenvalue weighted by Gasteiger charge is -2.37. The van der Waals surface area contributed by atoms with Crippen LogP contribution in [0.5, 0.6) is 5.75 Å². The van der Waals surface area contributed by atoms with Gasteiger partial charge in [0.05, 0.1) is 25.4 Å². The minimum Gasteiger partial charge on any atom is -0.487 e. The maximum Gasteiger partial charge on any atom is 0.229 e. The van der Waals surface area contributed by atoms with Crippen LogP contribution in [0, 0.1) is 0 Å². The Labute approximate surface area is 180 Å². The molecule has 4 atom stereocenters. The Morgan fingerprint density at radius 1 is 1.26 bits per heavy atom. The van der Waals surface area contributed by atoms with Crippen molar-refractivity contribution in [3.63, 3.8) is 0 Å². The number of carbonyl (C=O) groups is 1. The summed E-state index contributed by atoms with van der Waals surface area (Å²) in [5.74, 6) is 0.377. The molecule has 1 saturated heterocycles. The molecule has 2 aliphatic rings. The van der Waals surface area contributed by atoms with Crippen molar-refractivity contribution in [3.8, 4) is 5.75 Å². The fourth-order valence-electron chi connectivity index (χ4n) is 4.15. The predicted molar refractivity (Wildman–Crippen MR) is 113 cm³/mol. The molecule has 4 rings (SSSR count). The third kappa shape index (κ3) is 5.15. The molecule has 9 nitrogen and oxygen atoms in total. The van der Waals surface area contributed by atoms with Gasteiger partial charge >= 0.3 is 0 Å². The molecule has 0 saturated carbocycles. The first kappa shape index (κ1) is 21.5. The van der Waals surface area contributed by atoms with E-state index in [1.165, 1.54) is 0 Å². The molecule has 166 valence electrons. The van der Waals surface area contributed by atoms with Gasteiger partial charge in [0.15, 0.2) is 0 Å². The number of hydrogen-bond acceptors (Lipinski definition) is 7. The molecule has 1 aromatic heterocycles. The molecule has 0 bridgehead atoms. The number of aliphatic hydroxyl groups excluding tert-OH is 1. The van der Waals surface area contributed by atoms with Crippen molar-refractivity contribution < 1.29 is 27.8 Å². The van der Waals surface area contributed by atoms with E-state index in [2.05, 4.69) is 15.0 Å². The standard InChI is InChI=1S/C21H25N3O6S/c1-31(27,28)24-14-2-3-18-16(8-14)17-9-15(29-19(12-25)21(17)30-18)10-20(26)23-11-13-4-6-22-7-5-13/h2-8,15,17,19,21,24-25H,9-12H2,1H3,(H,23,26)/t15-,17-,19-,21+/m1/s1. The highest BCUT2D eigenvalue weighted by Crippen LogP contribution is 2.47. The summed E-state index contributed by atoms with van der Waals surface area (Å²) in [5.41, 5.74) is 2.25. The van der Waals surface area contributed by atoms with Crippen molar-refractivity contribution >= 4 is 21.6 Å². The number of nitrogens with zero attached hydrogens (tertiary/aromatic N) is 1. The molecule has 0 spiro atoms. The first-order valence-corrected chi connectivity index (χ1v) is 11.9. The number of aliphatic hydroxyl groups is 1. The topological polar surface area (TPSA) is 127 Å². The zero-order chi connectivity index (χ0) is 22.0. The van der Waals surface area contributed by atoms with E-state index in [9.17, 15) is 18.3 Å². The SMILES string of the molecule is CS(=O)(=O)Nc1ccc2c(c1)[C@H]1C[C@H](CC(=O)NCc3ccncc3)O[C@H](CO)[C@H]1O2. The Bertz CT molecular complexity index is 1050. The molecule has 0 radical (unpaired) electrons. The van der Waals surface area contributed by atoms with Crippen LogP contribution in [0.4, 0.5) is 5.69 Å². The summed E-state index contributed by atoms with van der Waals surface area (Å²) in [6.45, 7) is 0.161. The van der Waals surface area contributed by atoms with E-state index in [0.29, 0.717) is 24.4 Å². The average molecular weight is 448 g/mol. The first-order chi connectivity index (χ1) is 14.8. The van der Waals surface area contributed by atoms with Gasteiger partial charge in [-0.25, -0.2) is 8.42 Å². The van der Waals surface area contributed by atoms with Crippen LogP contribution in [0.3, 0.4) is 0 Å². The number of pyridine rings is 1. The maximum absolute atomic E-state index is 12.5. The number of carbonyl (C=O) groups excluding carboxylic acids is 1. The smallest absolute Gasteiger partial charge is 0.229 e. The number of anilines is 1. The molecule has 3 N–H and O–H groups in total. The summed E-state index contributed by atoms with van der Waals surface area (Å²) < 4.78 is 37.6. The number of sulfonamides is 1. The second-order valence-electron chi connectivity index (χ2n) is 7.87. The zero-order valence-electron chi connectivity index (χ0n) is 17.0. The van der Waals surface area contributed by atoms with E-state index < -0.39 is 22.2 Å². The van der Waals surface area contributed by atoms with Crippen molar-refractivity contribution in [3.05, 3.63) is 53.9 Å². The normalized spacial score (nSPS) is 24.6. The van der Waals surface area contributed by atoms with Gasteiger partial charge in [-0.05, 0) is 42.3 Å². The van der Waals surface area contributed by atoms with Gasteiger partial charge in [0.25, 0.3) is 0 Å². The molecule has 1 amide bonds. The number of amides is 1. The highest BCUT2D eigenvalue weighted by molar-refractivity contribution is 7.92. The third-order valence-electron chi connectivity index (χ3n) is 5.45. The van der Waals surface area contributed by atoms with Crippen LogP contribution >= 0.6 is 0 Å². The van der Waals surface area contributed by atoms with Crippen molar-refractivity contribution in [2.24, 2.45) is 0 Å². The molecule has 0 aliphatic carbocycles. The van der Waals surface area contributed by atoms with Crippen molar-refractivity contribution in [1.82, 2.24) is 10.3 Å². The third-order valence-corrected chi connectivity index (χ3v) is 6.06. The number of hydrogen-bond donors (Lipinski definition) is 3. The molecule has 1 fully saturated rings. The lowest BCUT2D eigenvalue weighted by molar-refractivity contribution is -0.142. The van der Waals surface area contributed by atoms with Gasteiger partial charge in [0.2, 0.25) is 15.9 Å². The Kier molecular flexibility index (Phi) is 6.12. The van der Waals surface area contributed by atoms with Gasteiger partial charge in [0.1, 0.15) is 18.0 Å². The zero-order valence-corrected chi connectivity index (χ0v) is 17.8. The van der Waals surface area contributed by atoms with Crippen LogP contribution in [0.1, 0.15) is 29.9 Å². The van der Waals surface area contributed by atoms with E-state index >= 15 is 0 Å². The molecule has 0 unspecified atom stereocenters. The fourth-order valence-corrected chi connectivity index (χ4v) is 4.70. The summed E-state index contributed by atoms with van der Waals surface area (Å²) in [5, 5.41) is 12.7. The fraction of sp³-hybridized carbons (Fsp3) is 0.429. The van der Waals surface area contributed by atoms with Crippen LogP contribution < -0.4 is 14.8 Å². The summed E-state index contributed by atoms with van der Waals surface area (Å²) in [7, 11) is -3.41. The van der Waals surface area contributed by atoms with Gasteiger partial charge in [-0.2, -0.15) is 0 Å². The van der Waals surface area contributed by atoms with Gasteiger partial charge in [0, 0.05) is 36.1 Å².